The quantitative estimate of drug-likeness (QED) is 0.863. The number of likely N-dealkylation sites (N-methyl/N-ethyl adjacent to an activating group) is 1. The molecule has 1 N–H and O–H groups in total. The first kappa shape index (κ1) is 12.6. The lowest BCUT2D eigenvalue weighted by atomic mass is 9.92. The van der Waals surface area contributed by atoms with Crippen LogP contribution in [0.1, 0.15) is 37.4 Å². The van der Waals surface area contributed by atoms with Crippen molar-refractivity contribution in [2.45, 2.75) is 39.3 Å². The largest absolute Gasteiger partial charge is 0.376 e. The predicted octanol–water partition coefficient (Wildman–Crippen LogP) is 3.07. The van der Waals surface area contributed by atoms with Crippen LogP contribution in [0, 0.1) is 12.8 Å². The van der Waals surface area contributed by atoms with Gasteiger partial charge in [0.15, 0.2) is 0 Å². The summed E-state index contributed by atoms with van der Waals surface area (Å²) in [5, 5.41) is 3.57. The summed E-state index contributed by atoms with van der Waals surface area (Å²) >= 11 is 0. The Kier molecular flexibility index (Phi) is 4.19. The van der Waals surface area contributed by atoms with Gasteiger partial charge in [0.2, 0.25) is 0 Å². The highest BCUT2D eigenvalue weighted by molar-refractivity contribution is 5.25. The molecule has 2 rings (SSSR count). The fourth-order valence-corrected chi connectivity index (χ4v) is 2.56. The Hall–Kier alpha value is -0.860. The van der Waals surface area contributed by atoms with Crippen molar-refractivity contribution in [3.05, 3.63) is 35.4 Å². The van der Waals surface area contributed by atoms with Gasteiger partial charge in [-0.1, -0.05) is 43.7 Å². The van der Waals surface area contributed by atoms with Crippen molar-refractivity contribution >= 4 is 0 Å². The number of rotatable bonds is 4. The van der Waals surface area contributed by atoms with Crippen LogP contribution in [0.25, 0.3) is 0 Å². The third kappa shape index (κ3) is 2.88. The predicted molar refractivity (Wildman–Crippen MR) is 71.1 cm³/mol. The highest BCUT2D eigenvalue weighted by Crippen LogP contribution is 2.31. The van der Waals surface area contributed by atoms with E-state index in [0.29, 0.717) is 18.1 Å². The molecule has 1 saturated heterocycles. The Labute approximate surface area is 104 Å². The van der Waals surface area contributed by atoms with Crippen molar-refractivity contribution in [1.82, 2.24) is 5.32 Å². The molecule has 3 unspecified atom stereocenters. The average molecular weight is 233 g/mol. The molecule has 0 radical (unpaired) electrons. The minimum Gasteiger partial charge on any atom is -0.376 e. The monoisotopic (exact) mass is 233 g/mol. The maximum atomic E-state index is 5.90. The maximum absolute atomic E-state index is 5.90. The summed E-state index contributed by atoms with van der Waals surface area (Å²) in [4.78, 5) is 0. The highest BCUT2D eigenvalue weighted by atomic mass is 16.5. The highest BCUT2D eigenvalue weighted by Gasteiger charge is 2.32. The molecule has 0 amide bonds. The Morgan fingerprint density at radius 1 is 1.35 bits per heavy atom. The summed E-state index contributed by atoms with van der Waals surface area (Å²) in [5.41, 5.74) is 2.65. The fraction of sp³-hybridized carbons (Fsp3) is 0.600. The van der Waals surface area contributed by atoms with Crippen LogP contribution in [-0.4, -0.2) is 19.3 Å². The molecule has 1 aliphatic rings. The molecule has 0 aliphatic carbocycles. The van der Waals surface area contributed by atoms with E-state index in [1.165, 1.54) is 17.5 Å². The van der Waals surface area contributed by atoms with E-state index in [0.717, 1.165) is 13.2 Å². The smallest absolute Gasteiger partial charge is 0.0795 e. The van der Waals surface area contributed by atoms with E-state index in [1.54, 1.807) is 0 Å². The van der Waals surface area contributed by atoms with Crippen molar-refractivity contribution in [3.8, 4) is 0 Å². The molecule has 2 heteroatoms. The molecule has 3 atom stereocenters. The molecule has 17 heavy (non-hydrogen) atoms. The third-order valence-corrected chi connectivity index (χ3v) is 3.63. The van der Waals surface area contributed by atoms with Gasteiger partial charge in [-0.05, 0) is 31.4 Å². The lowest BCUT2D eigenvalue weighted by molar-refractivity contribution is 0.0612. The van der Waals surface area contributed by atoms with Crippen molar-refractivity contribution in [2.75, 3.05) is 13.2 Å². The van der Waals surface area contributed by atoms with Gasteiger partial charge in [0, 0.05) is 6.61 Å². The van der Waals surface area contributed by atoms with Crippen molar-refractivity contribution < 1.29 is 4.74 Å². The lowest BCUT2D eigenvalue weighted by Gasteiger charge is -2.27. The molecule has 1 aromatic carbocycles. The van der Waals surface area contributed by atoms with E-state index in [4.69, 9.17) is 4.74 Å². The SMILES string of the molecule is CCNC(c1ccc(C)cc1)C1OCCC1C. The van der Waals surface area contributed by atoms with E-state index in [-0.39, 0.29) is 0 Å². The van der Waals surface area contributed by atoms with Crippen LogP contribution in [0.3, 0.4) is 0 Å². The number of benzene rings is 1. The minimum atomic E-state index is 0.317. The summed E-state index contributed by atoms with van der Waals surface area (Å²) in [6, 6.07) is 9.13. The molecule has 0 spiro atoms. The van der Waals surface area contributed by atoms with Gasteiger partial charge in [0.25, 0.3) is 0 Å². The molecular formula is C15H23NO. The number of nitrogens with one attached hydrogen (secondary N) is 1. The summed E-state index contributed by atoms with van der Waals surface area (Å²) < 4.78 is 5.90. The van der Waals surface area contributed by atoms with Gasteiger partial charge in [-0.15, -0.1) is 0 Å². The molecule has 1 aromatic rings. The molecule has 2 nitrogen and oxygen atoms in total. The normalized spacial score (nSPS) is 26.1. The van der Waals surface area contributed by atoms with Crippen LogP contribution in [0.15, 0.2) is 24.3 Å². The molecular weight excluding hydrogens is 210 g/mol. The van der Waals surface area contributed by atoms with Gasteiger partial charge in [-0.3, -0.25) is 0 Å². The first-order valence-corrected chi connectivity index (χ1v) is 6.64. The third-order valence-electron chi connectivity index (χ3n) is 3.63. The molecule has 1 heterocycles. The maximum Gasteiger partial charge on any atom is 0.0795 e. The van der Waals surface area contributed by atoms with Gasteiger partial charge in [0.1, 0.15) is 0 Å². The lowest BCUT2D eigenvalue weighted by Crippen LogP contribution is -2.34. The second-order valence-corrected chi connectivity index (χ2v) is 5.05. The average Bonchev–Trinajstić information content (AvgIpc) is 2.74. The molecule has 1 aliphatic heterocycles. The van der Waals surface area contributed by atoms with E-state index in [1.807, 2.05) is 0 Å². The summed E-state index contributed by atoms with van der Waals surface area (Å²) in [6.45, 7) is 8.45. The van der Waals surface area contributed by atoms with Gasteiger partial charge < -0.3 is 10.1 Å². The summed E-state index contributed by atoms with van der Waals surface area (Å²) in [7, 11) is 0. The first-order valence-electron chi connectivity index (χ1n) is 6.64. The second-order valence-electron chi connectivity index (χ2n) is 5.05. The summed E-state index contributed by atoms with van der Waals surface area (Å²) in [5.74, 6) is 0.639. The zero-order valence-electron chi connectivity index (χ0n) is 11.1. The molecule has 0 aromatic heterocycles. The van der Waals surface area contributed by atoms with Gasteiger partial charge >= 0.3 is 0 Å². The second kappa shape index (κ2) is 5.65. The van der Waals surface area contributed by atoms with Gasteiger partial charge in [-0.2, -0.15) is 0 Å². The first-order chi connectivity index (χ1) is 8.22. The topological polar surface area (TPSA) is 21.3 Å². The molecule has 94 valence electrons. The van der Waals surface area contributed by atoms with Crippen LogP contribution in [0.5, 0.6) is 0 Å². The number of ether oxygens (including phenoxy) is 1. The Morgan fingerprint density at radius 2 is 2.06 bits per heavy atom. The number of hydrogen-bond acceptors (Lipinski definition) is 2. The van der Waals surface area contributed by atoms with Crippen LogP contribution in [0.4, 0.5) is 0 Å². The van der Waals surface area contributed by atoms with Crippen molar-refractivity contribution in [1.29, 1.82) is 0 Å². The van der Waals surface area contributed by atoms with E-state index in [2.05, 4.69) is 50.4 Å². The van der Waals surface area contributed by atoms with Crippen molar-refractivity contribution in [3.63, 3.8) is 0 Å². The Balaban J connectivity index is 2.18. The van der Waals surface area contributed by atoms with Crippen molar-refractivity contribution in [2.24, 2.45) is 5.92 Å². The molecule has 0 bridgehead atoms. The Bertz CT molecular complexity index is 346. The Morgan fingerprint density at radius 3 is 2.59 bits per heavy atom. The van der Waals surface area contributed by atoms with Crippen LogP contribution in [-0.2, 0) is 4.74 Å². The fourth-order valence-electron chi connectivity index (χ4n) is 2.56. The molecule has 0 saturated carbocycles. The van der Waals surface area contributed by atoms with E-state index in [9.17, 15) is 0 Å². The zero-order chi connectivity index (χ0) is 12.3. The van der Waals surface area contributed by atoms with Crippen LogP contribution < -0.4 is 5.32 Å². The van der Waals surface area contributed by atoms with Gasteiger partial charge in [0.05, 0.1) is 12.1 Å². The number of aryl methyl sites for hydroxylation is 1. The zero-order valence-corrected chi connectivity index (χ0v) is 11.1. The molecule has 1 fully saturated rings. The standard InChI is InChI=1S/C15H23NO/c1-4-16-14(15-12(3)9-10-17-15)13-7-5-11(2)6-8-13/h5-8,12,14-16H,4,9-10H2,1-3H3. The summed E-state index contributed by atoms with van der Waals surface area (Å²) in [6.07, 6.45) is 1.50. The van der Waals surface area contributed by atoms with E-state index < -0.39 is 0 Å². The number of hydrogen-bond donors (Lipinski definition) is 1. The van der Waals surface area contributed by atoms with E-state index >= 15 is 0 Å². The minimum absolute atomic E-state index is 0.317. The van der Waals surface area contributed by atoms with Crippen LogP contribution in [0.2, 0.25) is 0 Å². The van der Waals surface area contributed by atoms with Crippen LogP contribution >= 0.6 is 0 Å². The van der Waals surface area contributed by atoms with Gasteiger partial charge in [-0.25, -0.2) is 0 Å².